The van der Waals surface area contributed by atoms with E-state index in [0.29, 0.717) is 23.3 Å². The molecule has 108 valence electrons. The predicted molar refractivity (Wildman–Crippen MR) is 79.1 cm³/mol. The minimum absolute atomic E-state index is 0.128. The second-order valence-electron chi connectivity index (χ2n) is 6.01. The summed E-state index contributed by atoms with van der Waals surface area (Å²) in [6.07, 6.45) is 2.49. The third kappa shape index (κ3) is 2.90. The van der Waals surface area contributed by atoms with Crippen molar-refractivity contribution < 1.29 is 9.90 Å². The Morgan fingerprint density at radius 1 is 1.25 bits per heavy atom. The highest BCUT2D eigenvalue weighted by Crippen LogP contribution is 2.37. The summed E-state index contributed by atoms with van der Waals surface area (Å²) in [5.74, 6) is 1.23. The molecule has 3 nitrogen and oxygen atoms in total. The van der Waals surface area contributed by atoms with Crippen molar-refractivity contribution in [2.75, 3.05) is 19.6 Å². The summed E-state index contributed by atoms with van der Waals surface area (Å²) in [6, 6.07) is 7.08. The van der Waals surface area contributed by atoms with Gasteiger partial charge in [-0.25, -0.2) is 0 Å². The molecule has 4 heteroatoms. The van der Waals surface area contributed by atoms with E-state index < -0.39 is 0 Å². The predicted octanol–water partition coefficient (Wildman–Crippen LogP) is 2.62. The number of likely N-dealkylation sites (tertiary alicyclic amines) is 1. The first-order valence-electron chi connectivity index (χ1n) is 7.32. The summed E-state index contributed by atoms with van der Waals surface area (Å²) < 4.78 is 0. The molecule has 1 aliphatic heterocycles. The van der Waals surface area contributed by atoms with Crippen LogP contribution in [0.4, 0.5) is 0 Å². The molecule has 1 saturated carbocycles. The van der Waals surface area contributed by atoms with E-state index in [1.165, 1.54) is 0 Å². The molecule has 3 atom stereocenters. The minimum Gasteiger partial charge on any atom is -0.393 e. The van der Waals surface area contributed by atoms with Crippen LogP contribution in [0.25, 0.3) is 0 Å². The van der Waals surface area contributed by atoms with Gasteiger partial charge in [-0.05, 0) is 43.0 Å². The van der Waals surface area contributed by atoms with E-state index in [0.717, 1.165) is 38.0 Å². The second-order valence-corrected chi connectivity index (χ2v) is 6.44. The highest BCUT2D eigenvalue weighted by molar-refractivity contribution is 6.30. The number of rotatable bonds is 4. The van der Waals surface area contributed by atoms with Crippen LogP contribution >= 0.6 is 11.6 Å². The molecule has 0 radical (unpaired) electrons. The third-order valence-electron chi connectivity index (χ3n) is 4.72. The molecule has 0 spiro atoms. The quantitative estimate of drug-likeness (QED) is 0.868. The molecule has 3 unspecified atom stereocenters. The molecule has 20 heavy (non-hydrogen) atoms. The van der Waals surface area contributed by atoms with Crippen LogP contribution in [0.3, 0.4) is 0 Å². The normalized spacial score (nSPS) is 29.6. The minimum atomic E-state index is -0.128. The van der Waals surface area contributed by atoms with Crippen molar-refractivity contribution in [3.05, 3.63) is 34.9 Å². The first-order valence-corrected chi connectivity index (χ1v) is 7.70. The summed E-state index contributed by atoms with van der Waals surface area (Å²) in [4.78, 5) is 14.4. The van der Waals surface area contributed by atoms with Crippen molar-refractivity contribution in [2.24, 2.45) is 11.8 Å². The van der Waals surface area contributed by atoms with Gasteiger partial charge in [-0.2, -0.15) is 0 Å². The van der Waals surface area contributed by atoms with Gasteiger partial charge in [0.2, 0.25) is 0 Å². The van der Waals surface area contributed by atoms with E-state index in [9.17, 15) is 9.90 Å². The van der Waals surface area contributed by atoms with E-state index in [2.05, 4.69) is 4.90 Å². The number of benzene rings is 1. The Balaban J connectivity index is 1.50. The first kappa shape index (κ1) is 14.1. The van der Waals surface area contributed by atoms with Crippen LogP contribution in [0.15, 0.2) is 24.3 Å². The van der Waals surface area contributed by atoms with Crippen LogP contribution in [-0.4, -0.2) is 41.5 Å². The molecule has 3 rings (SSSR count). The standard InChI is InChI=1S/C16H20ClNO2/c17-13-4-1-11(2-5-13)15(19)7-8-18-9-12-3-6-16(20)14(12)10-18/h1-2,4-5,12,14,16,20H,3,6-10H2. The van der Waals surface area contributed by atoms with Crippen molar-refractivity contribution >= 4 is 17.4 Å². The highest BCUT2D eigenvalue weighted by Gasteiger charge is 2.41. The Hall–Kier alpha value is -0.900. The summed E-state index contributed by atoms with van der Waals surface area (Å²) in [5, 5.41) is 10.5. The zero-order valence-corrected chi connectivity index (χ0v) is 12.2. The highest BCUT2D eigenvalue weighted by atomic mass is 35.5. The Morgan fingerprint density at radius 3 is 2.70 bits per heavy atom. The van der Waals surface area contributed by atoms with Crippen LogP contribution in [0, 0.1) is 11.8 Å². The molecule has 1 heterocycles. The summed E-state index contributed by atoms with van der Waals surface area (Å²) in [5.41, 5.74) is 0.730. The van der Waals surface area contributed by atoms with Gasteiger partial charge in [0.15, 0.2) is 5.78 Å². The van der Waals surface area contributed by atoms with Gasteiger partial charge in [0.05, 0.1) is 6.10 Å². The Bertz CT molecular complexity index is 488. The van der Waals surface area contributed by atoms with Crippen molar-refractivity contribution in [1.29, 1.82) is 0 Å². The summed E-state index contributed by atoms with van der Waals surface area (Å²) in [6.45, 7) is 2.77. The lowest BCUT2D eigenvalue weighted by atomic mass is 10.00. The van der Waals surface area contributed by atoms with Gasteiger partial charge in [-0.1, -0.05) is 11.6 Å². The number of carbonyl (C=O) groups is 1. The average molecular weight is 294 g/mol. The summed E-state index contributed by atoms with van der Waals surface area (Å²) >= 11 is 5.82. The molecule has 2 aliphatic rings. The molecule has 1 aliphatic carbocycles. The maximum absolute atomic E-state index is 12.1. The second kappa shape index (κ2) is 5.84. The number of carbonyl (C=O) groups excluding carboxylic acids is 1. The molecule has 2 fully saturated rings. The lowest BCUT2D eigenvalue weighted by Crippen LogP contribution is -2.27. The van der Waals surface area contributed by atoms with Gasteiger partial charge in [0, 0.05) is 42.6 Å². The van der Waals surface area contributed by atoms with Gasteiger partial charge in [0.1, 0.15) is 0 Å². The number of aliphatic hydroxyl groups excluding tert-OH is 1. The molecule has 0 bridgehead atoms. The number of halogens is 1. The SMILES string of the molecule is O=C(CCN1CC2CCC(O)C2C1)c1ccc(Cl)cc1. The van der Waals surface area contributed by atoms with E-state index in [1.807, 2.05) is 0 Å². The zero-order valence-electron chi connectivity index (χ0n) is 11.5. The molecule has 0 amide bonds. The fourth-order valence-corrected chi connectivity index (χ4v) is 3.68. The smallest absolute Gasteiger partial charge is 0.164 e. The van der Waals surface area contributed by atoms with Crippen LogP contribution < -0.4 is 0 Å². The number of hydrogen-bond acceptors (Lipinski definition) is 3. The van der Waals surface area contributed by atoms with Crippen molar-refractivity contribution in [3.63, 3.8) is 0 Å². The van der Waals surface area contributed by atoms with Gasteiger partial charge >= 0.3 is 0 Å². The van der Waals surface area contributed by atoms with E-state index in [4.69, 9.17) is 11.6 Å². The fourth-order valence-electron chi connectivity index (χ4n) is 3.55. The molecule has 0 aromatic heterocycles. The van der Waals surface area contributed by atoms with Crippen LogP contribution in [-0.2, 0) is 0 Å². The van der Waals surface area contributed by atoms with Gasteiger partial charge in [-0.15, -0.1) is 0 Å². The van der Waals surface area contributed by atoms with Gasteiger partial charge in [0.25, 0.3) is 0 Å². The molecular formula is C16H20ClNO2. The van der Waals surface area contributed by atoms with Crippen molar-refractivity contribution in [1.82, 2.24) is 4.90 Å². The van der Waals surface area contributed by atoms with E-state index in [-0.39, 0.29) is 11.9 Å². The largest absolute Gasteiger partial charge is 0.393 e. The fraction of sp³-hybridized carbons (Fsp3) is 0.562. The summed E-state index contributed by atoms with van der Waals surface area (Å²) in [7, 11) is 0. The maximum Gasteiger partial charge on any atom is 0.164 e. The van der Waals surface area contributed by atoms with Crippen LogP contribution in [0.2, 0.25) is 5.02 Å². The average Bonchev–Trinajstić information content (AvgIpc) is 2.99. The van der Waals surface area contributed by atoms with Crippen LogP contribution in [0.5, 0.6) is 0 Å². The Kier molecular flexibility index (Phi) is 4.11. The number of Topliss-reactive ketones (excluding diaryl/α,β-unsaturated/α-hetero) is 1. The molecule has 1 N–H and O–H groups in total. The maximum atomic E-state index is 12.1. The number of nitrogens with zero attached hydrogens (tertiary/aromatic N) is 1. The number of aliphatic hydroxyl groups is 1. The Labute approximate surface area is 124 Å². The lowest BCUT2D eigenvalue weighted by Gasteiger charge is -2.17. The van der Waals surface area contributed by atoms with Crippen molar-refractivity contribution in [2.45, 2.75) is 25.4 Å². The zero-order chi connectivity index (χ0) is 14.1. The Morgan fingerprint density at radius 2 is 2.00 bits per heavy atom. The van der Waals surface area contributed by atoms with Crippen molar-refractivity contribution in [3.8, 4) is 0 Å². The number of ketones is 1. The van der Waals surface area contributed by atoms with Crippen LogP contribution in [0.1, 0.15) is 29.6 Å². The molecule has 1 aromatic rings. The van der Waals surface area contributed by atoms with Gasteiger partial charge in [-0.3, -0.25) is 4.79 Å². The molecular weight excluding hydrogens is 274 g/mol. The van der Waals surface area contributed by atoms with Gasteiger partial charge < -0.3 is 10.0 Å². The number of fused-ring (bicyclic) bond motifs is 1. The monoisotopic (exact) mass is 293 g/mol. The first-order chi connectivity index (χ1) is 9.63. The third-order valence-corrected chi connectivity index (χ3v) is 4.97. The molecule has 1 aromatic carbocycles. The molecule has 1 saturated heterocycles. The van der Waals surface area contributed by atoms with E-state index >= 15 is 0 Å². The number of hydrogen-bond donors (Lipinski definition) is 1. The van der Waals surface area contributed by atoms with E-state index in [1.54, 1.807) is 24.3 Å². The lowest BCUT2D eigenvalue weighted by molar-refractivity contribution is 0.0961. The topological polar surface area (TPSA) is 40.5 Å².